The Morgan fingerprint density at radius 2 is 2.04 bits per heavy atom. The number of rotatable bonds is 10. The van der Waals surface area contributed by atoms with Crippen molar-refractivity contribution >= 4 is 23.6 Å². The zero-order chi connectivity index (χ0) is 18.4. The van der Waals surface area contributed by atoms with Crippen molar-refractivity contribution in [3.05, 3.63) is 0 Å². The van der Waals surface area contributed by atoms with Crippen LogP contribution in [0.2, 0.25) is 0 Å². The molecule has 146 valence electrons. The fraction of sp³-hybridized carbons (Fsp3) is 0.833. The molecular formula is C18H31N5O2S. The van der Waals surface area contributed by atoms with Crippen LogP contribution in [0, 0.1) is 0 Å². The highest BCUT2D eigenvalue weighted by atomic mass is 32.2. The maximum Gasteiger partial charge on any atom is 0.230 e. The number of ether oxygens (including phenoxy) is 1. The minimum absolute atomic E-state index is 0.0458. The summed E-state index contributed by atoms with van der Waals surface area (Å²) in [6, 6.07) is 0.515. The molecule has 2 fully saturated rings. The van der Waals surface area contributed by atoms with E-state index in [1.165, 1.54) is 43.9 Å². The van der Waals surface area contributed by atoms with E-state index >= 15 is 0 Å². The van der Waals surface area contributed by atoms with Gasteiger partial charge in [-0.15, -0.1) is 10.2 Å². The van der Waals surface area contributed by atoms with Gasteiger partial charge in [-0.2, -0.15) is 0 Å². The first-order valence-electron chi connectivity index (χ1n) is 9.86. The second-order valence-corrected chi connectivity index (χ2v) is 8.29. The minimum atomic E-state index is 0.0458. The zero-order valence-corrected chi connectivity index (χ0v) is 16.8. The molecule has 0 radical (unpaired) electrons. The average molecular weight is 382 g/mol. The highest BCUT2D eigenvalue weighted by molar-refractivity contribution is 7.99. The summed E-state index contributed by atoms with van der Waals surface area (Å²) >= 11 is 1.50. The van der Waals surface area contributed by atoms with Crippen molar-refractivity contribution in [3.63, 3.8) is 0 Å². The first-order chi connectivity index (χ1) is 12.6. The molecule has 8 heteroatoms. The van der Waals surface area contributed by atoms with E-state index in [9.17, 15) is 4.79 Å². The van der Waals surface area contributed by atoms with Crippen LogP contribution in [0.3, 0.4) is 0 Å². The maximum absolute atomic E-state index is 12.1. The molecule has 2 aliphatic rings. The molecule has 0 aromatic carbocycles. The van der Waals surface area contributed by atoms with E-state index in [0.717, 1.165) is 30.6 Å². The van der Waals surface area contributed by atoms with Gasteiger partial charge in [0.05, 0.1) is 11.9 Å². The number of anilines is 1. The molecule has 0 atom stereocenters. The Hall–Kier alpha value is -1.28. The van der Waals surface area contributed by atoms with E-state index in [1.807, 2.05) is 13.8 Å². The molecule has 2 heterocycles. The van der Waals surface area contributed by atoms with E-state index < -0.39 is 0 Å². The van der Waals surface area contributed by atoms with Gasteiger partial charge in [-0.25, -0.2) is 0 Å². The van der Waals surface area contributed by atoms with Gasteiger partial charge in [-0.3, -0.25) is 9.36 Å². The SMILES string of the molecule is CC(C)OCCCNC(=O)CSc1nnc(N2CCCCC2)n1C1CC1. The molecule has 7 nitrogen and oxygen atoms in total. The predicted octanol–water partition coefficient (Wildman–Crippen LogP) is 2.63. The monoisotopic (exact) mass is 381 g/mol. The van der Waals surface area contributed by atoms with E-state index in [-0.39, 0.29) is 12.0 Å². The van der Waals surface area contributed by atoms with Gasteiger partial charge in [-0.1, -0.05) is 11.8 Å². The fourth-order valence-electron chi connectivity index (χ4n) is 3.13. The number of nitrogens with zero attached hydrogens (tertiary/aromatic N) is 4. The first-order valence-corrected chi connectivity index (χ1v) is 10.8. The van der Waals surface area contributed by atoms with Crippen molar-refractivity contribution in [2.45, 2.75) is 69.7 Å². The molecule has 26 heavy (non-hydrogen) atoms. The van der Waals surface area contributed by atoms with Crippen LogP contribution in [0.4, 0.5) is 5.95 Å². The summed E-state index contributed by atoms with van der Waals surface area (Å²) in [4.78, 5) is 14.4. The van der Waals surface area contributed by atoms with E-state index in [4.69, 9.17) is 4.74 Å². The third-order valence-electron chi connectivity index (χ3n) is 4.62. The molecular weight excluding hydrogens is 350 g/mol. The van der Waals surface area contributed by atoms with Gasteiger partial charge in [-0.05, 0) is 52.4 Å². The van der Waals surface area contributed by atoms with Crippen LogP contribution < -0.4 is 10.2 Å². The Morgan fingerprint density at radius 3 is 2.73 bits per heavy atom. The Balaban J connectivity index is 1.47. The normalized spacial score (nSPS) is 17.7. The van der Waals surface area contributed by atoms with Crippen molar-refractivity contribution < 1.29 is 9.53 Å². The third-order valence-corrected chi connectivity index (χ3v) is 5.57. The lowest BCUT2D eigenvalue weighted by Crippen LogP contribution is -2.32. The molecule has 0 unspecified atom stereocenters. The van der Waals surface area contributed by atoms with Gasteiger partial charge in [0, 0.05) is 32.3 Å². The molecule has 1 saturated heterocycles. The molecule has 0 bridgehead atoms. The number of hydrogen-bond acceptors (Lipinski definition) is 6. The summed E-state index contributed by atoms with van der Waals surface area (Å²) in [6.07, 6.45) is 7.21. The van der Waals surface area contributed by atoms with Gasteiger partial charge in [0.15, 0.2) is 5.16 Å². The lowest BCUT2D eigenvalue weighted by Gasteiger charge is -2.27. The van der Waals surface area contributed by atoms with Crippen LogP contribution in [-0.4, -0.2) is 58.8 Å². The molecule has 1 aromatic heterocycles. The van der Waals surface area contributed by atoms with Gasteiger partial charge >= 0.3 is 0 Å². The lowest BCUT2D eigenvalue weighted by atomic mass is 10.1. The third kappa shape index (κ3) is 5.61. The Bertz CT molecular complexity index is 582. The zero-order valence-electron chi connectivity index (χ0n) is 15.9. The summed E-state index contributed by atoms with van der Waals surface area (Å²) in [7, 11) is 0. The largest absolute Gasteiger partial charge is 0.379 e. The Morgan fingerprint density at radius 1 is 1.27 bits per heavy atom. The number of amides is 1. The van der Waals surface area contributed by atoms with Crippen molar-refractivity contribution in [1.29, 1.82) is 0 Å². The van der Waals surface area contributed by atoms with Crippen LogP contribution in [0.1, 0.15) is 58.4 Å². The molecule has 1 saturated carbocycles. The predicted molar refractivity (Wildman–Crippen MR) is 104 cm³/mol. The molecule has 1 aliphatic carbocycles. The number of aromatic nitrogens is 3. The Labute approximate surface area is 160 Å². The van der Waals surface area contributed by atoms with Crippen molar-refractivity contribution in [3.8, 4) is 0 Å². The first kappa shape index (κ1) is 19.5. The molecule has 0 spiro atoms. The Kier molecular flexibility index (Phi) is 7.19. The average Bonchev–Trinajstić information content (AvgIpc) is 3.39. The molecule has 1 aliphatic heterocycles. The van der Waals surface area contributed by atoms with Crippen LogP contribution in [0.5, 0.6) is 0 Å². The van der Waals surface area contributed by atoms with Crippen LogP contribution in [0.25, 0.3) is 0 Å². The summed E-state index contributed by atoms with van der Waals surface area (Å²) in [5.74, 6) is 1.43. The number of thioether (sulfide) groups is 1. The van der Waals surface area contributed by atoms with Crippen LogP contribution in [0.15, 0.2) is 5.16 Å². The van der Waals surface area contributed by atoms with E-state index in [1.54, 1.807) is 0 Å². The fourth-order valence-corrected chi connectivity index (χ4v) is 3.96. The van der Waals surface area contributed by atoms with Crippen molar-refractivity contribution in [1.82, 2.24) is 20.1 Å². The summed E-state index contributed by atoms with van der Waals surface area (Å²) in [6.45, 7) is 7.50. The van der Waals surface area contributed by atoms with Crippen LogP contribution >= 0.6 is 11.8 Å². The quantitative estimate of drug-likeness (QED) is 0.496. The number of piperidine rings is 1. The number of hydrogen-bond donors (Lipinski definition) is 1. The second-order valence-electron chi connectivity index (χ2n) is 7.34. The minimum Gasteiger partial charge on any atom is -0.379 e. The van der Waals surface area contributed by atoms with Crippen molar-refractivity contribution in [2.24, 2.45) is 0 Å². The second kappa shape index (κ2) is 9.60. The molecule has 1 N–H and O–H groups in total. The summed E-state index contributed by atoms with van der Waals surface area (Å²) in [5.41, 5.74) is 0. The smallest absolute Gasteiger partial charge is 0.230 e. The topological polar surface area (TPSA) is 72.3 Å². The highest BCUT2D eigenvalue weighted by Gasteiger charge is 2.32. The number of nitrogens with one attached hydrogen (secondary N) is 1. The lowest BCUT2D eigenvalue weighted by molar-refractivity contribution is -0.118. The molecule has 3 rings (SSSR count). The van der Waals surface area contributed by atoms with E-state index in [0.29, 0.717) is 24.9 Å². The number of carbonyl (C=O) groups is 1. The van der Waals surface area contributed by atoms with Gasteiger partial charge in [0.25, 0.3) is 0 Å². The molecule has 1 amide bonds. The van der Waals surface area contributed by atoms with E-state index in [2.05, 4.69) is 25.0 Å². The van der Waals surface area contributed by atoms with Gasteiger partial charge in [0.2, 0.25) is 11.9 Å². The van der Waals surface area contributed by atoms with Gasteiger partial charge in [0.1, 0.15) is 0 Å². The molecule has 1 aromatic rings. The summed E-state index contributed by atoms with van der Waals surface area (Å²) in [5, 5.41) is 12.7. The number of carbonyl (C=O) groups excluding carboxylic acids is 1. The highest BCUT2D eigenvalue weighted by Crippen LogP contribution is 2.41. The van der Waals surface area contributed by atoms with Crippen LogP contribution in [-0.2, 0) is 9.53 Å². The maximum atomic E-state index is 12.1. The van der Waals surface area contributed by atoms with Gasteiger partial charge < -0.3 is 15.0 Å². The standard InChI is InChI=1S/C18H31N5O2S/c1-14(2)25-12-6-9-19-16(24)13-26-18-21-20-17(23(18)15-7-8-15)22-10-4-3-5-11-22/h14-15H,3-13H2,1-2H3,(H,19,24). The van der Waals surface area contributed by atoms with Crippen molar-refractivity contribution in [2.75, 3.05) is 36.9 Å². The summed E-state index contributed by atoms with van der Waals surface area (Å²) < 4.78 is 7.74.